The number of aromatic nitrogens is 1. The Hall–Kier alpha value is -7.34. The highest BCUT2D eigenvalue weighted by molar-refractivity contribution is 6.12. The maximum atomic E-state index is 15.5. The molecule has 1 spiro atoms. The standard InChI is InChI=1S/C50H46N4O10/c1-61-46(57)37(47(58)62-2)18-11-12-31-19-24-39-38(30-31)50(49(60)53-39)40(45(56)52-27-25-35-17-9-10-26-51-35)42-48(59)64-43(33-15-7-4-8-16-33)41(32-13-5-3-6-14-32)54(42)44(50)34-20-22-36(23-21-34)63-29-28-55/h3-10,13-17,19-24,26,30,37,40-44,55H,18,25,27-29H2,1-2H3,(H,52,56)(H,53,60). The van der Waals surface area contributed by atoms with Crippen LogP contribution in [-0.2, 0) is 50.0 Å². The molecule has 4 heterocycles. The van der Waals surface area contributed by atoms with Crippen LogP contribution in [0.1, 0.15) is 58.1 Å². The Balaban J connectivity index is 1.34. The predicted molar refractivity (Wildman–Crippen MR) is 232 cm³/mol. The lowest BCUT2D eigenvalue weighted by Gasteiger charge is -2.46. The number of carbonyl (C=O) groups is 5. The molecule has 14 nitrogen and oxygen atoms in total. The molecule has 14 heteroatoms. The first-order valence-corrected chi connectivity index (χ1v) is 20.9. The van der Waals surface area contributed by atoms with Gasteiger partial charge >= 0.3 is 17.9 Å². The third kappa shape index (κ3) is 8.07. The molecule has 2 fully saturated rings. The maximum Gasteiger partial charge on any atom is 0.324 e. The van der Waals surface area contributed by atoms with Crippen molar-refractivity contribution in [2.24, 2.45) is 11.8 Å². The van der Waals surface area contributed by atoms with Gasteiger partial charge in [0.05, 0.1) is 38.8 Å². The van der Waals surface area contributed by atoms with Gasteiger partial charge in [0.15, 0.2) is 5.92 Å². The van der Waals surface area contributed by atoms with Crippen LogP contribution in [0.2, 0.25) is 0 Å². The molecule has 2 saturated heterocycles. The largest absolute Gasteiger partial charge is 0.491 e. The molecule has 0 aliphatic carbocycles. The number of nitrogens with one attached hydrogen (secondary N) is 2. The minimum Gasteiger partial charge on any atom is -0.491 e. The number of cyclic esters (lactones) is 1. The summed E-state index contributed by atoms with van der Waals surface area (Å²) in [6.07, 6.45) is 0.980. The van der Waals surface area contributed by atoms with Crippen molar-refractivity contribution in [2.45, 2.75) is 42.5 Å². The highest BCUT2D eigenvalue weighted by Gasteiger charge is 2.74. The van der Waals surface area contributed by atoms with E-state index in [-0.39, 0.29) is 26.2 Å². The number of pyridine rings is 1. The minimum absolute atomic E-state index is 0.0575. The molecule has 0 saturated carbocycles. The Kier molecular flexibility index (Phi) is 12.8. The summed E-state index contributed by atoms with van der Waals surface area (Å²) < 4.78 is 21.9. The van der Waals surface area contributed by atoms with Crippen molar-refractivity contribution in [3.8, 4) is 17.6 Å². The number of ether oxygens (including phenoxy) is 4. The number of morpholine rings is 1. The number of fused-ring (bicyclic) bond motifs is 3. The van der Waals surface area contributed by atoms with E-state index in [4.69, 9.17) is 18.9 Å². The molecule has 5 aromatic rings. The van der Waals surface area contributed by atoms with Crippen molar-refractivity contribution in [1.82, 2.24) is 15.2 Å². The molecule has 1 aromatic heterocycles. The molecule has 6 unspecified atom stereocenters. The van der Waals surface area contributed by atoms with Crippen molar-refractivity contribution in [3.05, 3.63) is 161 Å². The van der Waals surface area contributed by atoms with Crippen LogP contribution in [0.5, 0.6) is 5.75 Å². The fourth-order valence-corrected chi connectivity index (χ4v) is 9.35. The molecule has 326 valence electrons. The number of methoxy groups -OCH3 is 2. The van der Waals surface area contributed by atoms with E-state index in [1.54, 1.807) is 42.6 Å². The molecule has 6 atom stereocenters. The van der Waals surface area contributed by atoms with Crippen molar-refractivity contribution >= 4 is 35.4 Å². The third-order valence-electron chi connectivity index (χ3n) is 12.1. The van der Waals surface area contributed by atoms with Crippen LogP contribution in [0.15, 0.2) is 128 Å². The lowest BCUT2D eigenvalue weighted by molar-refractivity contribution is -0.178. The smallest absolute Gasteiger partial charge is 0.324 e. The Bertz CT molecular complexity index is 2570. The fraction of sp³-hybridized carbons (Fsp3) is 0.280. The second-order valence-electron chi connectivity index (χ2n) is 15.6. The first-order valence-electron chi connectivity index (χ1n) is 20.9. The topological polar surface area (TPSA) is 183 Å². The fourth-order valence-electron chi connectivity index (χ4n) is 9.35. The average Bonchev–Trinajstić information content (AvgIpc) is 3.81. The lowest BCUT2D eigenvalue weighted by Crippen LogP contribution is -2.55. The van der Waals surface area contributed by atoms with Crippen molar-refractivity contribution in [2.75, 3.05) is 39.3 Å². The summed E-state index contributed by atoms with van der Waals surface area (Å²) in [5, 5.41) is 15.6. The van der Waals surface area contributed by atoms with Gasteiger partial charge in [-0.2, -0.15) is 0 Å². The van der Waals surface area contributed by atoms with E-state index in [0.717, 1.165) is 16.8 Å². The van der Waals surface area contributed by atoms with Gasteiger partial charge in [-0.3, -0.25) is 33.9 Å². The van der Waals surface area contributed by atoms with E-state index in [1.165, 1.54) is 14.2 Å². The van der Waals surface area contributed by atoms with Gasteiger partial charge in [-0.15, -0.1) is 0 Å². The van der Waals surface area contributed by atoms with E-state index in [1.807, 2.05) is 89.8 Å². The van der Waals surface area contributed by atoms with Gasteiger partial charge in [-0.1, -0.05) is 90.7 Å². The molecule has 4 aromatic carbocycles. The normalized spacial score (nSPS) is 22.0. The Morgan fingerprint density at radius 1 is 0.859 bits per heavy atom. The number of benzene rings is 4. The van der Waals surface area contributed by atoms with Gasteiger partial charge in [-0.25, -0.2) is 0 Å². The van der Waals surface area contributed by atoms with Crippen LogP contribution < -0.4 is 15.4 Å². The van der Waals surface area contributed by atoms with Gasteiger partial charge in [-0.05, 0) is 64.7 Å². The molecule has 3 N–H and O–H groups in total. The van der Waals surface area contributed by atoms with Crippen LogP contribution in [0.3, 0.4) is 0 Å². The van der Waals surface area contributed by atoms with E-state index in [0.29, 0.717) is 34.5 Å². The summed E-state index contributed by atoms with van der Waals surface area (Å²) in [4.78, 5) is 77.2. The number of amides is 2. The van der Waals surface area contributed by atoms with Gasteiger partial charge in [0.2, 0.25) is 11.8 Å². The maximum absolute atomic E-state index is 15.5. The van der Waals surface area contributed by atoms with Crippen molar-refractivity contribution < 1.29 is 48.0 Å². The molecule has 0 radical (unpaired) electrons. The van der Waals surface area contributed by atoms with Crippen LogP contribution >= 0.6 is 0 Å². The van der Waals surface area contributed by atoms with Crippen LogP contribution in [-0.4, -0.2) is 84.7 Å². The highest BCUT2D eigenvalue weighted by Crippen LogP contribution is 2.64. The molecule has 0 bridgehead atoms. The highest BCUT2D eigenvalue weighted by atomic mass is 16.6. The monoisotopic (exact) mass is 862 g/mol. The van der Waals surface area contributed by atoms with Gasteiger partial charge < -0.3 is 34.7 Å². The minimum atomic E-state index is -1.79. The number of nitrogens with zero attached hydrogens (tertiary/aromatic N) is 2. The SMILES string of the molecule is COC(=O)C(CC#Cc1ccc2c(c1)C1(C(=O)N2)C(C(=O)NCCc2ccccn2)C2C(=O)OC(c3ccccc3)C(c3ccccc3)N2C1c1ccc(OCCO)cc1)C(=O)OC. The molecule has 3 aliphatic rings. The Labute approximate surface area is 369 Å². The molecule has 64 heavy (non-hydrogen) atoms. The molecule has 2 amide bonds. The number of hydrogen-bond donors (Lipinski definition) is 3. The van der Waals surface area contributed by atoms with Crippen molar-refractivity contribution in [1.29, 1.82) is 0 Å². The number of hydrogen-bond acceptors (Lipinski definition) is 12. The lowest BCUT2D eigenvalue weighted by atomic mass is 9.65. The molecule has 8 rings (SSSR count). The summed E-state index contributed by atoms with van der Waals surface area (Å²) in [6.45, 7) is 0.0139. The Morgan fingerprint density at radius 3 is 2.20 bits per heavy atom. The average molecular weight is 863 g/mol. The zero-order valence-electron chi connectivity index (χ0n) is 35.1. The number of esters is 3. The summed E-state index contributed by atoms with van der Waals surface area (Å²) in [6, 6.07) is 33.7. The number of rotatable bonds is 13. The predicted octanol–water partition coefficient (Wildman–Crippen LogP) is 4.79. The van der Waals surface area contributed by atoms with Crippen LogP contribution in [0.4, 0.5) is 5.69 Å². The summed E-state index contributed by atoms with van der Waals surface area (Å²) >= 11 is 0. The van der Waals surface area contributed by atoms with Gasteiger partial charge in [0.25, 0.3) is 0 Å². The van der Waals surface area contributed by atoms with E-state index >= 15 is 14.4 Å². The number of anilines is 1. The molecular weight excluding hydrogens is 817 g/mol. The number of aliphatic hydroxyl groups excluding tert-OH is 1. The second-order valence-corrected chi connectivity index (χ2v) is 15.6. The quantitative estimate of drug-likeness (QED) is 0.0639. The second kappa shape index (κ2) is 19.0. The first kappa shape index (κ1) is 43.3. The summed E-state index contributed by atoms with van der Waals surface area (Å²) in [7, 11) is 2.34. The summed E-state index contributed by atoms with van der Waals surface area (Å²) in [5.74, 6) is 0.437. The summed E-state index contributed by atoms with van der Waals surface area (Å²) in [5.41, 5.74) is 2.31. The zero-order valence-corrected chi connectivity index (χ0v) is 35.1. The van der Waals surface area contributed by atoms with Gasteiger partial charge in [0.1, 0.15) is 29.9 Å². The van der Waals surface area contributed by atoms with E-state index < -0.39 is 71.2 Å². The van der Waals surface area contributed by atoms with Gasteiger partial charge in [0, 0.05) is 42.5 Å². The molecule has 3 aliphatic heterocycles. The zero-order chi connectivity index (χ0) is 44.8. The van der Waals surface area contributed by atoms with Crippen molar-refractivity contribution in [3.63, 3.8) is 0 Å². The van der Waals surface area contributed by atoms with E-state index in [9.17, 15) is 14.7 Å². The van der Waals surface area contributed by atoms with Crippen LogP contribution in [0.25, 0.3) is 0 Å². The number of carbonyl (C=O) groups excluding carboxylic acids is 5. The first-order chi connectivity index (χ1) is 31.2. The van der Waals surface area contributed by atoms with Crippen LogP contribution in [0, 0.1) is 23.7 Å². The third-order valence-corrected chi connectivity index (χ3v) is 12.1. The Morgan fingerprint density at radius 2 is 1.55 bits per heavy atom. The van der Waals surface area contributed by atoms with E-state index in [2.05, 4.69) is 27.5 Å². The number of aliphatic hydroxyl groups is 1. The molecular formula is C50H46N4O10.